The summed E-state index contributed by atoms with van der Waals surface area (Å²) >= 11 is 0. The zero-order valence-electron chi connectivity index (χ0n) is 11.6. The van der Waals surface area contributed by atoms with Crippen LogP contribution in [0, 0.1) is 5.82 Å². The molecule has 0 radical (unpaired) electrons. The molecular formula is C14H21FN2O2S. The minimum Gasteiger partial charge on any atom is -0.326 e. The first-order chi connectivity index (χ1) is 9.43. The highest BCUT2D eigenvalue weighted by molar-refractivity contribution is 7.91. The Morgan fingerprint density at radius 3 is 2.30 bits per heavy atom. The van der Waals surface area contributed by atoms with Crippen molar-refractivity contribution in [2.75, 3.05) is 24.6 Å². The fourth-order valence-corrected chi connectivity index (χ4v) is 3.85. The van der Waals surface area contributed by atoms with Crippen molar-refractivity contribution in [1.29, 1.82) is 0 Å². The van der Waals surface area contributed by atoms with Gasteiger partial charge in [-0.3, -0.25) is 4.90 Å². The lowest BCUT2D eigenvalue weighted by atomic mass is 9.96. The van der Waals surface area contributed by atoms with Gasteiger partial charge in [0.05, 0.1) is 11.5 Å². The van der Waals surface area contributed by atoms with Gasteiger partial charge in [0.15, 0.2) is 9.84 Å². The summed E-state index contributed by atoms with van der Waals surface area (Å²) < 4.78 is 36.1. The molecule has 0 aromatic heterocycles. The molecule has 2 atom stereocenters. The maximum atomic E-state index is 13.1. The summed E-state index contributed by atoms with van der Waals surface area (Å²) in [4.78, 5) is 2.10. The quantitative estimate of drug-likeness (QED) is 0.911. The summed E-state index contributed by atoms with van der Waals surface area (Å²) in [5, 5.41) is 0. The summed E-state index contributed by atoms with van der Waals surface area (Å²) in [6.45, 7) is 2.97. The van der Waals surface area contributed by atoms with E-state index in [-0.39, 0.29) is 29.4 Å². The fourth-order valence-electron chi connectivity index (χ4n) is 2.62. The van der Waals surface area contributed by atoms with Crippen LogP contribution in [0.25, 0.3) is 0 Å². The molecular weight excluding hydrogens is 279 g/mol. The van der Waals surface area contributed by atoms with E-state index in [4.69, 9.17) is 5.73 Å². The molecule has 2 unspecified atom stereocenters. The second-order valence-electron chi connectivity index (χ2n) is 5.26. The monoisotopic (exact) mass is 300 g/mol. The number of nitrogens with two attached hydrogens (primary N) is 1. The van der Waals surface area contributed by atoms with Crippen LogP contribution in [-0.2, 0) is 9.84 Å². The minimum atomic E-state index is -2.91. The van der Waals surface area contributed by atoms with Crippen LogP contribution < -0.4 is 5.73 Å². The van der Waals surface area contributed by atoms with Gasteiger partial charge in [-0.2, -0.15) is 0 Å². The van der Waals surface area contributed by atoms with Gasteiger partial charge in [-0.05, 0) is 24.1 Å². The molecule has 1 aliphatic rings. The second-order valence-corrected chi connectivity index (χ2v) is 7.56. The fraction of sp³-hybridized carbons (Fsp3) is 0.571. The average molecular weight is 300 g/mol. The summed E-state index contributed by atoms with van der Waals surface area (Å²) in [6.07, 6.45) is 0.783. The molecule has 1 fully saturated rings. The van der Waals surface area contributed by atoms with Crippen molar-refractivity contribution in [3.05, 3.63) is 35.6 Å². The van der Waals surface area contributed by atoms with E-state index in [1.807, 2.05) is 6.92 Å². The highest BCUT2D eigenvalue weighted by atomic mass is 32.2. The number of hydrogen-bond donors (Lipinski definition) is 1. The normalized spacial score (nSPS) is 22.4. The summed E-state index contributed by atoms with van der Waals surface area (Å²) in [5.74, 6) is 0.0567. The summed E-state index contributed by atoms with van der Waals surface area (Å²) in [5.41, 5.74) is 7.15. The Balaban J connectivity index is 2.22. The topological polar surface area (TPSA) is 63.4 Å². The van der Waals surface area contributed by atoms with Crippen molar-refractivity contribution in [1.82, 2.24) is 4.90 Å². The third kappa shape index (κ3) is 3.56. The maximum Gasteiger partial charge on any atom is 0.152 e. The van der Waals surface area contributed by atoms with E-state index in [0.29, 0.717) is 13.1 Å². The number of rotatable bonds is 4. The Hall–Kier alpha value is -0.980. The van der Waals surface area contributed by atoms with Crippen molar-refractivity contribution in [2.24, 2.45) is 5.73 Å². The molecule has 0 spiro atoms. The Morgan fingerprint density at radius 2 is 1.80 bits per heavy atom. The van der Waals surface area contributed by atoms with Crippen molar-refractivity contribution < 1.29 is 12.8 Å². The predicted octanol–water partition coefficient (Wildman–Crippen LogP) is 1.33. The van der Waals surface area contributed by atoms with E-state index in [1.54, 1.807) is 12.1 Å². The summed E-state index contributed by atoms with van der Waals surface area (Å²) in [7, 11) is -2.91. The third-order valence-electron chi connectivity index (χ3n) is 3.86. The van der Waals surface area contributed by atoms with Gasteiger partial charge in [0.25, 0.3) is 0 Å². The van der Waals surface area contributed by atoms with Crippen LogP contribution >= 0.6 is 0 Å². The van der Waals surface area contributed by atoms with Gasteiger partial charge in [-0.1, -0.05) is 19.1 Å². The standard InChI is InChI=1S/C14H21FN2O2S/c1-2-13(16)14(11-3-5-12(15)6-4-11)17-7-9-20(18,19)10-8-17/h3-6,13-14H,2,7-10,16H2,1H3. The molecule has 1 aromatic carbocycles. The maximum absolute atomic E-state index is 13.1. The molecule has 1 saturated heterocycles. The van der Waals surface area contributed by atoms with Gasteiger partial charge in [0.1, 0.15) is 5.82 Å². The SMILES string of the molecule is CCC(N)C(c1ccc(F)cc1)N1CCS(=O)(=O)CC1. The first kappa shape index (κ1) is 15.4. The Labute approximate surface area is 119 Å². The van der Waals surface area contributed by atoms with Crippen LogP contribution in [0.3, 0.4) is 0 Å². The van der Waals surface area contributed by atoms with Crippen molar-refractivity contribution in [3.8, 4) is 0 Å². The molecule has 1 aliphatic heterocycles. The molecule has 2 N–H and O–H groups in total. The number of nitrogens with zero attached hydrogens (tertiary/aromatic N) is 1. The van der Waals surface area contributed by atoms with Crippen LogP contribution in [-0.4, -0.2) is 44.0 Å². The second kappa shape index (κ2) is 6.20. The number of hydrogen-bond acceptors (Lipinski definition) is 4. The number of benzene rings is 1. The van der Waals surface area contributed by atoms with Crippen molar-refractivity contribution in [3.63, 3.8) is 0 Å². The van der Waals surface area contributed by atoms with Gasteiger partial charge >= 0.3 is 0 Å². The Bertz CT molecular complexity index is 531. The molecule has 0 bridgehead atoms. The largest absolute Gasteiger partial charge is 0.326 e. The number of halogens is 1. The van der Waals surface area contributed by atoms with Crippen molar-refractivity contribution in [2.45, 2.75) is 25.4 Å². The molecule has 2 rings (SSSR count). The summed E-state index contributed by atoms with van der Waals surface area (Å²) in [6, 6.07) is 6.16. The van der Waals surface area contributed by atoms with Gasteiger partial charge in [0, 0.05) is 25.2 Å². The van der Waals surface area contributed by atoms with Gasteiger partial charge in [0.2, 0.25) is 0 Å². The van der Waals surface area contributed by atoms with E-state index in [0.717, 1.165) is 12.0 Å². The van der Waals surface area contributed by atoms with Crippen LogP contribution in [0.2, 0.25) is 0 Å². The lowest BCUT2D eigenvalue weighted by molar-refractivity contribution is 0.183. The number of sulfone groups is 1. The molecule has 0 saturated carbocycles. The molecule has 0 aliphatic carbocycles. The zero-order chi connectivity index (χ0) is 14.8. The van der Waals surface area contributed by atoms with Crippen molar-refractivity contribution >= 4 is 9.84 Å². The van der Waals surface area contributed by atoms with Crippen LogP contribution in [0.5, 0.6) is 0 Å². The van der Waals surface area contributed by atoms with Crippen LogP contribution in [0.4, 0.5) is 4.39 Å². The first-order valence-corrected chi connectivity index (χ1v) is 8.70. The van der Waals surface area contributed by atoms with E-state index < -0.39 is 9.84 Å². The third-order valence-corrected chi connectivity index (χ3v) is 5.47. The average Bonchev–Trinajstić information content (AvgIpc) is 2.42. The van der Waals surface area contributed by atoms with Gasteiger partial charge in [-0.15, -0.1) is 0 Å². The molecule has 20 heavy (non-hydrogen) atoms. The van der Waals surface area contributed by atoms with E-state index in [2.05, 4.69) is 4.90 Å². The van der Waals surface area contributed by atoms with Crippen LogP contribution in [0.15, 0.2) is 24.3 Å². The van der Waals surface area contributed by atoms with E-state index in [9.17, 15) is 12.8 Å². The highest BCUT2D eigenvalue weighted by Gasteiger charge is 2.30. The van der Waals surface area contributed by atoms with Crippen LogP contribution in [0.1, 0.15) is 24.9 Å². The first-order valence-electron chi connectivity index (χ1n) is 6.88. The predicted molar refractivity (Wildman–Crippen MR) is 77.6 cm³/mol. The smallest absolute Gasteiger partial charge is 0.152 e. The molecule has 4 nitrogen and oxygen atoms in total. The van der Waals surface area contributed by atoms with E-state index in [1.165, 1.54) is 12.1 Å². The van der Waals surface area contributed by atoms with Gasteiger partial charge < -0.3 is 5.73 Å². The zero-order valence-corrected chi connectivity index (χ0v) is 12.4. The molecule has 1 heterocycles. The highest BCUT2D eigenvalue weighted by Crippen LogP contribution is 2.26. The molecule has 1 aromatic rings. The lowest BCUT2D eigenvalue weighted by Gasteiger charge is -2.37. The Kier molecular flexibility index (Phi) is 4.78. The molecule has 0 amide bonds. The molecule has 112 valence electrons. The lowest BCUT2D eigenvalue weighted by Crippen LogP contribution is -2.48. The van der Waals surface area contributed by atoms with Gasteiger partial charge in [-0.25, -0.2) is 12.8 Å². The van der Waals surface area contributed by atoms with E-state index >= 15 is 0 Å². The minimum absolute atomic E-state index is 0.0592. The molecule has 6 heteroatoms. The Morgan fingerprint density at radius 1 is 1.25 bits per heavy atom.